The highest BCUT2D eigenvalue weighted by molar-refractivity contribution is 5.57. The molecule has 0 radical (unpaired) electrons. The van der Waals surface area contributed by atoms with Crippen LogP contribution in [0.3, 0.4) is 0 Å². The summed E-state index contributed by atoms with van der Waals surface area (Å²) >= 11 is 0. The molecule has 0 fully saturated rings. The monoisotopic (exact) mass is 192 g/mol. The molecule has 2 nitrogen and oxygen atoms in total. The van der Waals surface area contributed by atoms with E-state index < -0.39 is 0 Å². The molecule has 0 atom stereocenters. The fourth-order valence-corrected chi connectivity index (χ4v) is 1.38. The second-order valence-electron chi connectivity index (χ2n) is 4.18. The maximum atomic E-state index is 5.68. The van der Waals surface area contributed by atoms with Gasteiger partial charge in [0.25, 0.3) is 0 Å². The van der Waals surface area contributed by atoms with Crippen LogP contribution in [0.4, 0.5) is 11.4 Å². The van der Waals surface area contributed by atoms with E-state index in [1.54, 1.807) is 0 Å². The first kappa shape index (κ1) is 10.9. The first-order valence-corrected chi connectivity index (χ1v) is 5.19. The highest BCUT2D eigenvalue weighted by atomic mass is 14.9. The van der Waals surface area contributed by atoms with Gasteiger partial charge in [0.15, 0.2) is 0 Å². The lowest BCUT2D eigenvalue weighted by Crippen LogP contribution is -2.06. The van der Waals surface area contributed by atoms with E-state index in [1.165, 1.54) is 17.7 Å². The van der Waals surface area contributed by atoms with Gasteiger partial charge in [0.05, 0.1) is 0 Å². The minimum atomic E-state index is 0.747. The van der Waals surface area contributed by atoms with Crippen molar-refractivity contribution in [3.05, 3.63) is 23.8 Å². The average Bonchev–Trinajstić information content (AvgIpc) is 2.08. The molecule has 0 saturated carbocycles. The Morgan fingerprint density at radius 1 is 1.36 bits per heavy atom. The van der Waals surface area contributed by atoms with Crippen LogP contribution in [0, 0.1) is 12.8 Å². The molecule has 0 aliphatic carbocycles. The molecule has 0 aromatic heterocycles. The van der Waals surface area contributed by atoms with Crippen molar-refractivity contribution in [2.75, 3.05) is 17.6 Å². The lowest BCUT2D eigenvalue weighted by Gasteiger charge is -2.11. The number of anilines is 2. The largest absolute Gasteiger partial charge is 0.399 e. The molecular formula is C12H20N2. The van der Waals surface area contributed by atoms with Crippen LogP contribution in [-0.2, 0) is 0 Å². The molecule has 0 saturated heterocycles. The van der Waals surface area contributed by atoms with Gasteiger partial charge in [-0.3, -0.25) is 0 Å². The van der Waals surface area contributed by atoms with Crippen LogP contribution >= 0.6 is 0 Å². The maximum absolute atomic E-state index is 5.68. The Hall–Kier alpha value is -1.18. The van der Waals surface area contributed by atoms with Gasteiger partial charge in [0.2, 0.25) is 0 Å². The fourth-order valence-electron chi connectivity index (χ4n) is 1.38. The van der Waals surface area contributed by atoms with Crippen molar-refractivity contribution in [2.24, 2.45) is 5.92 Å². The van der Waals surface area contributed by atoms with Gasteiger partial charge >= 0.3 is 0 Å². The summed E-state index contributed by atoms with van der Waals surface area (Å²) < 4.78 is 0. The van der Waals surface area contributed by atoms with Gasteiger partial charge in [-0.25, -0.2) is 0 Å². The highest BCUT2D eigenvalue weighted by Gasteiger charge is 1.98. The van der Waals surface area contributed by atoms with E-state index in [0.29, 0.717) is 0 Å². The summed E-state index contributed by atoms with van der Waals surface area (Å²) in [4.78, 5) is 0. The Kier molecular flexibility index (Phi) is 3.81. The molecule has 0 bridgehead atoms. The van der Waals surface area contributed by atoms with Crippen molar-refractivity contribution in [3.63, 3.8) is 0 Å². The SMILES string of the molecule is Cc1cc(N)ccc1NCCC(C)C. The van der Waals surface area contributed by atoms with Crippen molar-refractivity contribution in [1.82, 2.24) is 0 Å². The van der Waals surface area contributed by atoms with E-state index in [4.69, 9.17) is 5.73 Å². The molecule has 78 valence electrons. The summed E-state index contributed by atoms with van der Waals surface area (Å²) in [6.45, 7) is 7.57. The number of benzene rings is 1. The standard InChI is InChI=1S/C12H20N2/c1-9(2)6-7-14-12-5-4-11(13)8-10(12)3/h4-5,8-9,14H,6-7,13H2,1-3H3. The van der Waals surface area contributed by atoms with E-state index >= 15 is 0 Å². The molecule has 0 heterocycles. The van der Waals surface area contributed by atoms with E-state index in [-0.39, 0.29) is 0 Å². The highest BCUT2D eigenvalue weighted by Crippen LogP contribution is 2.17. The first-order chi connectivity index (χ1) is 6.59. The Morgan fingerprint density at radius 3 is 2.64 bits per heavy atom. The van der Waals surface area contributed by atoms with E-state index in [0.717, 1.165) is 18.2 Å². The second-order valence-corrected chi connectivity index (χ2v) is 4.18. The van der Waals surface area contributed by atoms with Crippen LogP contribution in [0.15, 0.2) is 18.2 Å². The molecule has 3 N–H and O–H groups in total. The summed E-state index contributed by atoms with van der Waals surface area (Å²) in [5.74, 6) is 0.747. The van der Waals surface area contributed by atoms with Gasteiger partial charge < -0.3 is 11.1 Å². The van der Waals surface area contributed by atoms with Crippen molar-refractivity contribution in [3.8, 4) is 0 Å². The van der Waals surface area contributed by atoms with E-state index in [2.05, 4.69) is 26.1 Å². The zero-order valence-corrected chi connectivity index (χ0v) is 9.30. The van der Waals surface area contributed by atoms with Crippen molar-refractivity contribution in [2.45, 2.75) is 27.2 Å². The van der Waals surface area contributed by atoms with Gasteiger partial charge in [-0.05, 0) is 43.0 Å². The normalized spacial score (nSPS) is 10.6. The summed E-state index contributed by atoms with van der Waals surface area (Å²) in [7, 11) is 0. The van der Waals surface area contributed by atoms with E-state index in [1.807, 2.05) is 18.2 Å². The van der Waals surface area contributed by atoms with Gasteiger partial charge in [-0.15, -0.1) is 0 Å². The molecular weight excluding hydrogens is 172 g/mol. The van der Waals surface area contributed by atoms with Gasteiger partial charge in [-0.2, -0.15) is 0 Å². The minimum Gasteiger partial charge on any atom is -0.399 e. The summed E-state index contributed by atoms with van der Waals surface area (Å²) in [6.07, 6.45) is 1.20. The smallest absolute Gasteiger partial charge is 0.0371 e. The molecule has 1 rings (SSSR count). The summed E-state index contributed by atoms with van der Waals surface area (Å²) in [5, 5.41) is 3.42. The molecule has 14 heavy (non-hydrogen) atoms. The Labute approximate surface area is 86.5 Å². The van der Waals surface area contributed by atoms with Crippen molar-refractivity contribution >= 4 is 11.4 Å². The van der Waals surface area contributed by atoms with E-state index in [9.17, 15) is 0 Å². The molecule has 1 aromatic rings. The summed E-state index contributed by atoms with van der Waals surface area (Å²) in [5.41, 5.74) is 8.92. The Balaban J connectivity index is 2.51. The lowest BCUT2D eigenvalue weighted by molar-refractivity contribution is 0.607. The fraction of sp³-hybridized carbons (Fsp3) is 0.500. The van der Waals surface area contributed by atoms with Crippen LogP contribution in [-0.4, -0.2) is 6.54 Å². The van der Waals surface area contributed by atoms with Crippen LogP contribution in [0.5, 0.6) is 0 Å². The second kappa shape index (κ2) is 4.89. The molecule has 0 unspecified atom stereocenters. The third kappa shape index (κ3) is 3.29. The average molecular weight is 192 g/mol. The zero-order chi connectivity index (χ0) is 10.6. The van der Waals surface area contributed by atoms with Crippen LogP contribution in [0.25, 0.3) is 0 Å². The number of rotatable bonds is 4. The molecule has 0 spiro atoms. The lowest BCUT2D eigenvalue weighted by atomic mass is 10.1. The molecule has 0 amide bonds. The summed E-state index contributed by atoms with van der Waals surface area (Å²) in [6, 6.07) is 5.98. The van der Waals surface area contributed by atoms with Crippen molar-refractivity contribution in [1.29, 1.82) is 0 Å². The minimum absolute atomic E-state index is 0.747. The van der Waals surface area contributed by atoms with Crippen LogP contribution in [0.1, 0.15) is 25.8 Å². The zero-order valence-electron chi connectivity index (χ0n) is 9.30. The van der Waals surface area contributed by atoms with Gasteiger partial charge in [-0.1, -0.05) is 13.8 Å². The topological polar surface area (TPSA) is 38.0 Å². The molecule has 0 aliphatic heterocycles. The third-order valence-corrected chi connectivity index (χ3v) is 2.29. The molecule has 0 aliphatic rings. The number of nitrogen functional groups attached to an aromatic ring is 1. The predicted octanol–water partition coefficient (Wildman–Crippen LogP) is 3.04. The Bertz CT molecular complexity index is 292. The maximum Gasteiger partial charge on any atom is 0.0371 e. The van der Waals surface area contributed by atoms with Gasteiger partial charge in [0.1, 0.15) is 0 Å². The number of hydrogen-bond acceptors (Lipinski definition) is 2. The number of hydrogen-bond donors (Lipinski definition) is 2. The number of nitrogens with two attached hydrogens (primary N) is 1. The Morgan fingerprint density at radius 2 is 2.07 bits per heavy atom. The quantitative estimate of drug-likeness (QED) is 0.720. The molecule has 2 heteroatoms. The first-order valence-electron chi connectivity index (χ1n) is 5.19. The van der Waals surface area contributed by atoms with Gasteiger partial charge in [0, 0.05) is 17.9 Å². The predicted molar refractivity (Wildman–Crippen MR) is 63.5 cm³/mol. The number of aryl methyl sites for hydroxylation is 1. The molecule has 1 aromatic carbocycles. The van der Waals surface area contributed by atoms with Crippen LogP contribution < -0.4 is 11.1 Å². The third-order valence-electron chi connectivity index (χ3n) is 2.29. The van der Waals surface area contributed by atoms with Crippen molar-refractivity contribution < 1.29 is 0 Å². The number of nitrogens with one attached hydrogen (secondary N) is 1. The van der Waals surface area contributed by atoms with Crippen LogP contribution in [0.2, 0.25) is 0 Å².